The molecule has 0 unspecified atom stereocenters. The second kappa shape index (κ2) is 7.69. The molecule has 0 spiro atoms. The molecule has 1 amide bonds. The Hall–Kier alpha value is -3.40. The summed E-state index contributed by atoms with van der Waals surface area (Å²) in [6.45, 7) is 5.42. The Morgan fingerprint density at radius 1 is 1.39 bits per heavy atom. The molecule has 0 aliphatic heterocycles. The van der Waals surface area contributed by atoms with Crippen molar-refractivity contribution in [2.45, 2.75) is 27.2 Å². The van der Waals surface area contributed by atoms with E-state index in [2.05, 4.69) is 20.5 Å². The van der Waals surface area contributed by atoms with Gasteiger partial charge in [0.1, 0.15) is 10.7 Å². The molecule has 1 aromatic carbocycles. The van der Waals surface area contributed by atoms with Crippen molar-refractivity contribution in [1.29, 1.82) is 0 Å². The summed E-state index contributed by atoms with van der Waals surface area (Å²) >= 11 is 1.41. The average Bonchev–Trinajstić information content (AvgIpc) is 2.90. The van der Waals surface area contributed by atoms with E-state index < -0.39 is 10.8 Å². The van der Waals surface area contributed by atoms with Crippen molar-refractivity contribution in [1.82, 2.24) is 15.4 Å². The number of hydrogen-bond acceptors (Lipinski definition) is 7. The number of hydrazone groups is 1. The molecule has 28 heavy (non-hydrogen) atoms. The highest BCUT2D eigenvalue weighted by Gasteiger charge is 2.14. The van der Waals surface area contributed by atoms with Gasteiger partial charge in [-0.3, -0.25) is 19.7 Å². The molecule has 0 atom stereocenters. The zero-order chi connectivity index (χ0) is 20.4. The molecule has 2 N–H and O–H groups in total. The maximum atomic E-state index is 12.2. The molecular weight excluding hydrogens is 382 g/mol. The molecule has 0 aliphatic carbocycles. The third kappa shape index (κ3) is 3.96. The van der Waals surface area contributed by atoms with Gasteiger partial charge in [-0.2, -0.15) is 5.10 Å². The van der Waals surface area contributed by atoms with Crippen molar-refractivity contribution in [3.05, 3.63) is 66.1 Å². The quantitative estimate of drug-likeness (QED) is 0.387. The minimum absolute atomic E-state index is 0.0214. The Labute approximate surface area is 163 Å². The van der Waals surface area contributed by atoms with Crippen LogP contribution in [0.5, 0.6) is 0 Å². The fourth-order valence-corrected chi connectivity index (χ4v) is 3.71. The fraction of sp³-hybridized carbons (Fsp3) is 0.222. The van der Waals surface area contributed by atoms with Gasteiger partial charge < -0.3 is 4.98 Å². The predicted molar refractivity (Wildman–Crippen MR) is 107 cm³/mol. The van der Waals surface area contributed by atoms with Gasteiger partial charge in [-0.25, -0.2) is 10.4 Å². The normalized spacial score (nSPS) is 11.2. The van der Waals surface area contributed by atoms with Gasteiger partial charge in [0.25, 0.3) is 11.2 Å². The second-order valence-corrected chi connectivity index (χ2v) is 7.45. The largest absolute Gasteiger partial charge is 0.309 e. The van der Waals surface area contributed by atoms with Gasteiger partial charge in [-0.15, -0.1) is 11.3 Å². The Bertz CT molecular complexity index is 1180. The van der Waals surface area contributed by atoms with Gasteiger partial charge in [0.2, 0.25) is 5.91 Å². The van der Waals surface area contributed by atoms with E-state index in [-0.39, 0.29) is 23.5 Å². The van der Waals surface area contributed by atoms with Gasteiger partial charge in [-0.05, 0) is 26.3 Å². The number of H-pyrrole nitrogens is 1. The molecular formula is C18H17N5O4S. The van der Waals surface area contributed by atoms with Crippen molar-refractivity contribution in [2.24, 2.45) is 5.10 Å². The fourth-order valence-electron chi connectivity index (χ4n) is 2.66. The summed E-state index contributed by atoms with van der Waals surface area (Å²) in [5.41, 5.74) is 3.94. The summed E-state index contributed by atoms with van der Waals surface area (Å²) in [5.74, 6) is -0.220. The van der Waals surface area contributed by atoms with E-state index >= 15 is 0 Å². The minimum atomic E-state index is -0.475. The molecule has 3 rings (SSSR count). The first-order valence-electron chi connectivity index (χ1n) is 8.32. The number of nitrogens with zero attached hydrogens (tertiary/aromatic N) is 3. The number of fused-ring (bicyclic) bond motifs is 1. The van der Waals surface area contributed by atoms with Crippen LogP contribution in [0.25, 0.3) is 10.2 Å². The highest BCUT2D eigenvalue weighted by atomic mass is 32.1. The summed E-state index contributed by atoms with van der Waals surface area (Å²) in [6, 6.07) is 4.64. The number of thiophene rings is 1. The molecule has 0 radical (unpaired) electrons. The number of aryl methyl sites for hydroxylation is 3. The molecule has 0 saturated carbocycles. The van der Waals surface area contributed by atoms with Crippen LogP contribution in [-0.4, -0.2) is 27.0 Å². The van der Waals surface area contributed by atoms with Gasteiger partial charge >= 0.3 is 0 Å². The van der Waals surface area contributed by atoms with E-state index in [0.29, 0.717) is 21.3 Å². The summed E-state index contributed by atoms with van der Waals surface area (Å²) in [7, 11) is 0. The first-order chi connectivity index (χ1) is 13.3. The van der Waals surface area contributed by atoms with Gasteiger partial charge in [0.05, 0.1) is 22.9 Å². The molecule has 3 aromatic rings. The van der Waals surface area contributed by atoms with Crippen molar-refractivity contribution >= 4 is 39.4 Å². The first kappa shape index (κ1) is 19.4. The van der Waals surface area contributed by atoms with Crippen LogP contribution in [0.2, 0.25) is 0 Å². The first-order valence-corrected chi connectivity index (χ1v) is 9.13. The van der Waals surface area contributed by atoms with E-state index in [0.717, 1.165) is 10.4 Å². The molecule has 2 heterocycles. The number of carbonyl (C=O) groups excluding carboxylic acids is 1. The molecule has 0 fully saturated rings. The lowest BCUT2D eigenvalue weighted by atomic mass is 10.1. The minimum Gasteiger partial charge on any atom is -0.309 e. The number of amides is 1. The Kier molecular flexibility index (Phi) is 5.32. The molecule has 2 aromatic heterocycles. The molecule has 10 heteroatoms. The van der Waals surface area contributed by atoms with E-state index in [1.54, 1.807) is 19.1 Å². The number of hydrogen-bond donors (Lipinski definition) is 2. The van der Waals surface area contributed by atoms with Crippen molar-refractivity contribution in [2.75, 3.05) is 0 Å². The molecule has 0 saturated heterocycles. The Balaban J connectivity index is 1.70. The molecule has 9 nitrogen and oxygen atoms in total. The van der Waals surface area contributed by atoms with E-state index in [1.807, 2.05) is 13.8 Å². The molecule has 0 aliphatic rings. The lowest BCUT2D eigenvalue weighted by Crippen LogP contribution is -2.23. The summed E-state index contributed by atoms with van der Waals surface area (Å²) < 4.78 is 0. The summed E-state index contributed by atoms with van der Waals surface area (Å²) in [5, 5.41) is 15.3. The van der Waals surface area contributed by atoms with Crippen LogP contribution < -0.4 is 11.0 Å². The lowest BCUT2D eigenvalue weighted by Gasteiger charge is -2.01. The third-order valence-electron chi connectivity index (χ3n) is 4.25. The number of rotatable bonds is 5. The zero-order valence-electron chi connectivity index (χ0n) is 15.4. The van der Waals surface area contributed by atoms with Gasteiger partial charge in [0, 0.05) is 22.1 Å². The predicted octanol–water partition coefficient (Wildman–Crippen LogP) is 2.51. The number of aromatic amines is 1. The monoisotopic (exact) mass is 399 g/mol. The van der Waals surface area contributed by atoms with Crippen LogP contribution in [0, 0.1) is 30.9 Å². The van der Waals surface area contributed by atoms with E-state index in [9.17, 15) is 19.7 Å². The highest BCUT2D eigenvalue weighted by molar-refractivity contribution is 7.18. The maximum absolute atomic E-state index is 12.2. The van der Waals surface area contributed by atoms with Crippen LogP contribution >= 0.6 is 11.3 Å². The van der Waals surface area contributed by atoms with Crippen LogP contribution in [-0.2, 0) is 11.2 Å². The van der Waals surface area contributed by atoms with Gasteiger partial charge in [-0.1, -0.05) is 12.1 Å². The lowest BCUT2D eigenvalue weighted by molar-refractivity contribution is -0.385. The smallest absolute Gasteiger partial charge is 0.272 e. The summed E-state index contributed by atoms with van der Waals surface area (Å²) in [4.78, 5) is 43.3. The number of nitro groups is 1. The Morgan fingerprint density at radius 2 is 2.14 bits per heavy atom. The Morgan fingerprint density at radius 3 is 2.86 bits per heavy atom. The van der Waals surface area contributed by atoms with Crippen molar-refractivity contribution in [3.63, 3.8) is 0 Å². The average molecular weight is 399 g/mol. The standard InChI is InChI=1S/C18H17N5O4S/c1-9-4-5-12(6-13(9)23(26)27)8-19-22-15(24)7-14-20-17(25)16-10(2)11(3)28-18(16)21-14/h4-6,8H,7H2,1-3H3,(H,22,24)(H,20,21,25)/b19-8-. The van der Waals surface area contributed by atoms with Crippen molar-refractivity contribution < 1.29 is 9.72 Å². The van der Waals surface area contributed by atoms with Crippen LogP contribution in [0.1, 0.15) is 27.4 Å². The zero-order valence-corrected chi connectivity index (χ0v) is 16.2. The molecule has 144 valence electrons. The number of aromatic nitrogens is 2. The second-order valence-electron chi connectivity index (χ2n) is 6.25. The maximum Gasteiger partial charge on any atom is 0.272 e. The van der Waals surface area contributed by atoms with Crippen LogP contribution in [0.4, 0.5) is 5.69 Å². The topological polar surface area (TPSA) is 130 Å². The number of nitrogens with one attached hydrogen (secondary N) is 2. The highest BCUT2D eigenvalue weighted by Crippen LogP contribution is 2.25. The summed E-state index contributed by atoms with van der Waals surface area (Å²) in [6.07, 6.45) is 1.17. The van der Waals surface area contributed by atoms with Crippen molar-refractivity contribution in [3.8, 4) is 0 Å². The SMILES string of the molecule is Cc1ccc(/C=N\NC(=O)Cc2nc3sc(C)c(C)c3c(=O)[nH]2)cc1[N+](=O)[O-]. The van der Waals surface area contributed by atoms with Gasteiger partial charge in [0.15, 0.2) is 0 Å². The van der Waals surface area contributed by atoms with Crippen LogP contribution in [0.3, 0.4) is 0 Å². The molecule has 0 bridgehead atoms. The third-order valence-corrected chi connectivity index (χ3v) is 5.35. The van der Waals surface area contributed by atoms with E-state index in [1.165, 1.54) is 23.6 Å². The number of benzene rings is 1. The number of nitro benzene ring substituents is 1. The number of carbonyl (C=O) groups is 1. The van der Waals surface area contributed by atoms with E-state index in [4.69, 9.17) is 0 Å². The van der Waals surface area contributed by atoms with Crippen LogP contribution in [0.15, 0.2) is 28.1 Å².